The van der Waals surface area contributed by atoms with Gasteiger partial charge in [-0.25, -0.2) is 4.79 Å². The van der Waals surface area contributed by atoms with Gasteiger partial charge in [-0.2, -0.15) is 23.3 Å². The summed E-state index contributed by atoms with van der Waals surface area (Å²) in [6, 6.07) is 9.98. The number of carbonyl (C=O) groups excluding carboxylic acids is 2. The lowest BCUT2D eigenvalue weighted by atomic mass is 10.1. The number of alkyl halides is 3. The number of nitrogens with zero attached hydrogens (tertiary/aromatic N) is 2. The molecule has 3 rings (SSSR count). The molecule has 2 aromatic carbocycles. The van der Waals surface area contributed by atoms with Crippen LogP contribution in [0.1, 0.15) is 22.8 Å². The first-order valence-electron chi connectivity index (χ1n) is 8.98. The number of methoxy groups -OCH3 is 1. The van der Waals surface area contributed by atoms with Crippen molar-refractivity contribution in [3.8, 4) is 5.75 Å². The van der Waals surface area contributed by atoms with E-state index in [9.17, 15) is 22.8 Å². The molecule has 0 unspecified atom stereocenters. The lowest BCUT2D eigenvalue weighted by molar-refractivity contribution is -0.114. The summed E-state index contributed by atoms with van der Waals surface area (Å²) in [4.78, 5) is 24.6. The maximum Gasteiger partial charge on any atom is 0.435 e. The van der Waals surface area contributed by atoms with Crippen LogP contribution >= 0.6 is 15.9 Å². The lowest BCUT2D eigenvalue weighted by Crippen LogP contribution is -2.25. The molecule has 1 aliphatic rings. The highest BCUT2D eigenvalue weighted by molar-refractivity contribution is 9.10. The van der Waals surface area contributed by atoms with Gasteiger partial charge in [-0.1, -0.05) is 6.07 Å². The van der Waals surface area contributed by atoms with Gasteiger partial charge in [-0.05, 0) is 70.9 Å². The van der Waals surface area contributed by atoms with Crippen LogP contribution in [-0.4, -0.2) is 37.5 Å². The van der Waals surface area contributed by atoms with E-state index >= 15 is 0 Å². The molecule has 2 aromatic rings. The van der Waals surface area contributed by atoms with Gasteiger partial charge in [0.15, 0.2) is 5.71 Å². The van der Waals surface area contributed by atoms with Gasteiger partial charge < -0.3 is 9.47 Å². The van der Waals surface area contributed by atoms with Crippen LogP contribution in [0.5, 0.6) is 5.75 Å². The van der Waals surface area contributed by atoms with Crippen molar-refractivity contribution >= 4 is 45.3 Å². The maximum atomic E-state index is 13.6. The number of rotatable bonds is 5. The van der Waals surface area contributed by atoms with Crippen molar-refractivity contribution in [3.05, 3.63) is 63.6 Å². The van der Waals surface area contributed by atoms with Crippen molar-refractivity contribution in [3.63, 3.8) is 0 Å². The fourth-order valence-corrected chi connectivity index (χ4v) is 3.38. The van der Waals surface area contributed by atoms with Crippen molar-refractivity contribution in [1.82, 2.24) is 0 Å². The van der Waals surface area contributed by atoms with Crippen molar-refractivity contribution in [1.29, 1.82) is 0 Å². The zero-order valence-corrected chi connectivity index (χ0v) is 18.0. The van der Waals surface area contributed by atoms with Crippen LogP contribution in [0.2, 0.25) is 0 Å². The summed E-state index contributed by atoms with van der Waals surface area (Å²) in [6.07, 6.45) is -3.73. The lowest BCUT2D eigenvalue weighted by Gasteiger charge is -2.12. The predicted molar refractivity (Wildman–Crippen MR) is 112 cm³/mol. The van der Waals surface area contributed by atoms with Gasteiger partial charge in [0.2, 0.25) is 0 Å². The van der Waals surface area contributed by atoms with Crippen molar-refractivity contribution in [2.75, 3.05) is 18.7 Å². The minimum atomic E-state index is -4.84. The molecule has 0 bridgehead atoms. The molecule has 0 aliphatic carbocycles. The van der Waals surface area contributed by atoms with E-state index in [4.69, 9.17) is 9.47 Å². The SMILES string of the molecule is CCOC(=O)c1ccc(N2N=C(C(F)(F)F)/C(=C/c3ccc(OC)c(Br)c3)C2=O)cc1. The predicted octanol–water partition coefficient (Wildman–Crippen LogP) is 4.98. The molecule has 6 nitrogen and oxygen atoms in total. The first-order chi connectivity index (χ1) is 14.7. The number of ether oxygens (including phenoxy) is 2. The third kappa shape index (κ3) is 4.79. The Kier molecular flexibility index (Phi) is 6.49. The molecule has 0 atom stereocenters. The number of amides is 1. The highest BCUT2D eigenvalue weighted by atomic mass is 79.9. The smallest absolute Gasteiger partial charge is 0.435 e. The second kappa shape index (κ2) is 8.93. The molecular formula is C21H16BrF3N2O4. The largest absolute Gasteiger partial charge is 0.496 e. The number of benzene rings is 2. The molecule has 0 radical (unpaired) electrons. The Bertz CT molecular complexity index is 1080. The van der Waals surface area contributed by atoms with Gasteiger partial charge in [0, 0.05) is 0 Å². The summed E-state index contributed by atoms with van der Waals surface area (Å²) in [5.41, 5.74) is -1.26. The molecule has 0 N–H and O–H groups in total. The van der Waals surface area contributed by atoms with E-state index in [2.05, 4.69) is 21.0 Å². The number of hydrogen-bond acceptors (Lipinski definition) is 5. The number of esters is 1. The molecule has 1 aliphatic heterocycles. The topological polar surface area (TPSA) is 68.2 Å². The average molecular weight is 497 g/mol. The highest BCUT2D eigenvalue weighted by Crippen LogP contribution is 2.34. The van der Waals surface area contributed by atoms with E-state index in [0.29, 0.717) is 20.8 Å². The quantitative estimate of drug-likeness (QED) is 0.432. The zero-order chi connectivity index (χ0) is 22.8. The fraction of sp³-hybridized carbons (Fsp3) is 0.190. The molecule has 10 heteroatoms. The summed E-state index contributed by atoms with van der Waals surface area (Å²) in [6.45, 7) is 1.83. The van der Waals surface area contributed by atoms with E-state index in [-0.39, 0.29) is 17.9 Å². The average Bonchev–Trinajstić information content (AvgIpc) is 3.05. The highest BCUT2D eigenvalue weighted by Gasteiger charge is 2.46. The normalized spacial score (nSPS) is 15.3. The minimum absolute atomic E-state index is 0.0825. The first kappa shape index (κ1) is 22.5. The standard InChI is InChI=1S/C21H16BrF3N2O4/c1-3-31-20(29)13-5-7-14(8-6-13)27-19(28)15(18(26-27)21(23,24)25)10-12-4-9-17(30-2)16(22)11-12/h4-11H,3H2,1-2H3/b15-10-. The number of carbonyl (C=O) groups is 2. The fourth-order valence-electron chi connectivity index (χ4n) is 2.82. The molecule has 0 saturated heterocycles. The number of hydrogen-bond donors (Lipinski definition) is 0. The van der Waals surface area contributed by atoms with E-state index in [1.54, 1.807) is 13.0 Å². The first-order valence-corrected chi connectivity index (χ1v) is 9.78. The summed E-state index contributed by atoms with van der Waals surface area (Å²) >= 11 is 3.26. The van der Waals surface area contributed by atoms with E-state index < -0.39 is 29.3 Å². The molecule has 1 amide bonds. The molecule has 0 saturated carbocycles. The minimum Gasteiger partial charge on any atom is -0.496 e. The van der Waals surface area contributed by atoms with Crippen LogP contribution in [0.15, 0.2) is 57.6 Å². The van der Waals surface area contributed by atoms with Gasteiger partial charge in [-0.3, -0.25) is 4.79 Å². The summed E-state index contributed by atoms with van der Waals surface area (Å²) in [7, 11) is 1.46. The van der Waals surface area contributed by atoms with Crippen LogP contribution in [0, 0.1) is 0 Å². The zero-order valence-electron chi connectivity index (χ0n) is 16.4. The molecule has 0 spiro atoms. The molecule has 0 aromatic heterocycles. The number of hydrazone groups is 1. The molecule has 0 fully saturated rings. The van der Waals surface area contributed by atoms with E-state index in [1.807, 2.05) is 0 Å². The molecular weight excluding hydrogens is 481 g/mol. The van der Waals surface area contributed by atoms with Crippen molar-refractivity contribution in [2.45, 2.75) is 13.1 Å². The maximum absolute atomic E-state index is 13.6. The van der Waals surface area contributed by atoms with Crippen molar-refractivity contribution < 1.29 is 32.2 Å². The Labute approximate surface area is 184 Å². The Hall–Kier alpha value is -3.14. The molecule has 162 valence electrons. The monoisotopic (exact) mass is 496 g/mol. The van der Waals surface area contributed by atoms with E-state index in [1.165, 1.54) is 43.5 Å². The van der Waals surface area contributed by atoms with Crippen LogP contribution in [0.3, 0.4) is 0 Å². The van der Waals surface area contributed by atoms with Crippen LogP contribution in [0.25, 0.3) is 6.08 Å². The third-order valence-electron chi connectivity index (χ3n) is 4.26. The Balaban J connectivity index is 1.98. The van der Waals surface area contributed by atoms with E-state index in [0.717, 1.165) is 6.08 Å². The number of anilines is 1. The Morgan fingerprint density at radius 3 is 2.42 bits per heavy atom. The van der Waals surface area contributed by atoms with Gasteiger partial charge >= 0.3 is 12.1 Å². The second-order valence-corrected chi connectivity index (χ2v) is 7.14. The summed E-state index contributed by atoms with van der Waals surface area (Å²) < 4.78 is 51.3. The molecule has 1 heterocycles. The summed E-state index contributed by atoms with van der Waals surface area (Å²) in [5.74, 6) is -1.02. The van der Waals surface area contributed by atoms with Crippen LogP contribution < -0.4 is 9.75 Å². The second-order valence-electron chi connectivity index (χ2n) is 6.28. The Morgan fingerprint density at radius 1 is 1.19 bits per heavy atom. The van der Waals surface area contributed by atoms with Crippen LogP contribution in [-0.2, 0) is 9.53 Å². The summed E-state index contributed by atoms with van der Waals surface area (Å²) in [5, 5.41) is 4.16. The molecule has 31 heavy (non-hydrogen) atoms. The Morgan fingerprint density at radius 2 is 1.87 bits per heavy atom. The van der Waals surface area contributed by atoms with Gasteiger partial charge in [0.1, 0.15) is 5.75 Å². The van der Waals surface area contributed by atoms with Crippen molar-refractivity contribution in [2.24, 2.45) is 5.10 Å². The van der Waals surface area contributed by atoms with Gasteiger partial charge in [0.25, 0.3) is 5.91 Å². The third-order valence-corrected chi connectivity index (χ3v) is 4.88. The van der Waals surface area contributed by atoms with Gasteiger partial charge in [0.05, 0.1) is 35.0 Å². The number of halogens is 4. The van der Waals surface area contributed by atoms with Crippen LogP contribution in [0.4, 0.5) is 18.9 Å². The van der Waals surface area contributed by atoms with Gasteiger partial charge in [-0.15, -0.1) is 0 Å².